The molecule has 0 saturated carbocycles. The number of amides is 1. The van der Waals surface area contributed by atoms with Crippen LogP contribution in [0.25, 0.3) is 0 Å². The van der Waals surface area contributed by atoms with Crippen LogP contribution in [0.5, 0.6) is 0 Å². The summed E-state index contributed by atoms with van der Waals surface area (Å²) in [5, 5.41) is 7.89. The summed E-state index contributed by atoms with van der Waals surface area (Å²) in [6.45, 7) is 6.05. The Labute approximate surface area is 141 Å². The Bertz CT molecular complexity index is 724. The van der Waals surface area contributed by atoms with E-state index >= 15 is 0 Å². The fraction of sp³-hybridized carbons (Fsp3) is 0.222. The molecule has 0 spiro atoms. The molecule has 0 bridgehead atoms. The van der Waals surface area contributed by atoms with Gasteiger partial charge >= 0.3 is 0 Å². The number of rotatable bonds is 5. The number of halogens is 1. The molecule has 2 N–H and O–H groups in total. The highest BCUT2D eigenvalue weighted by atomic mass is 35.5. The largest absolute Gasteiger partial charge is 0.376 e. The van der Waals surface area contributed by atoms with Crippen molar-refractivity contribution < 1.29 is 4.79 Å². The average Bonchev–Trinajstić information content (AvgIpc) is 2.52. The molecule has 2 aromatic rings. The maximum atomic E-state index is 11.9. The summed E-state index contributed by atoms with van der Waals surface area (Å²) in [5.41, 5.74) is 7.44. The van der Waals surface area contributed by atoms with Crippen LogP contribution in [0.2, 0.25) is 5.02 Å². The Balaban J connectivity index is 1.89. The predicted octanol–water partition coefficient (Wildman–Crippen LogP) is 3.91. The van der Waals surface area contributed by atoms with Crippen LogP contribution in [0, 0.1) is 13.8 Å². The number of hydrogen-bond acceptors (Lipinski definition) is 3. The van der Waals surface area contributed by atoms with Gasteiger partial charge in [-0.3, -0.25) is 4.79 Å². The average molecular weight is 330 g/mol. The third-order valence-electron chi connectivity index (χ3n) is 3.43. The highest BCUT2D eigenvalue weighted by Crippen LogP contribution is 2.15. The van der Waals surface area contributed by atoms with Crippen LogP contribution in [-0.4, -0.2) is 18.2 Å². The number of benzene rings is 2. The van der Waals surface area contributed by atoms with Crippen LogP contribution < -0.4 is 10.7 Å². The topological polar surface area (TPSA) is 53.5 Å². The van der Waals surface area contributed by atoms with Gasteiger partial charge in [-0.1, -0.05) is 41.4 Å². The fourth-order valence-corrected chi connectivity index (χ4v) is 2.25. The first-order valence-corrected chi connectivity index (χ1v) is 7.73. The Morgan fingerprint density at radius 3 is 2.48 bits per heavy atom. The van der Waals surface area contributed by atoms with E-state index in [1.54, 1.807) is 12.1 Å². The van der Waals surface area contributed by atoms with Crippen LogP contribution in [0.4, 0.5) is 5.69 Å². The fourth-order valence-electron chi connectivity index (χ4n) is 2.13. The van der Waals surface area contributed by atoms with Gasteiger partial charge in [0.15, 0.2) is 0 Å². The van der Waals surface area contributed by atoms with Crippen molar-refractivity contribution in [2.24, 2.45) is 5.10 Å². The maximum absolute atomic E-state index is 11.9. The summed E-state index contributed by atoms with van der Waals surface area (Å²) < 4.78 is 0. The van der Waals surface area contributed by atoms with Gasteiger partial charge in [0.1, 0.15) is 0 Å². The molecule has 0 heterocycles. The van der Waals surface area contributed by atoms with Crippen LogP contribution >= 0.6 is 11.6 Å². The van der Waals surface area contributed by atoms with E-state index in [0.29, 0.717) is 5.02 Å². The summed E-state index contributed by atoms with van der Waals surface area (Å²) in [5.74, 6) is -0.196. The van der Waals surface area contributed by atoms with Gasteiger partial charge in [0, 0.05) is 10.7 Å². The van der Waals surface area contributed by atoms with Gasteiger partial charge in [-0.15, -0.1) is 0 Å². The molecule has 5 heteroatoms. The minimum atomic E-state index is -0.196. The molecule has 0 aliphatic rings. The third kappa shape index (κ3) is 5.11. The Morgan fingerprint density at radius 1 is 1.13 bits per heavy atom. The second kappa shape index (κ2) is 7.79. The molecule has 0 aliphatic heterocycles. The third-order valence-corrected chi connectivity index (χ3v) is 3.68. The van der Waals surface area contributed by atoms with E-state index in [0.717, 1.165) is 22.5 Å². The van der Waals surface area contributed by atoms with E-state index in [4.69, 9.17) is 11.6 Å². The summed E-state index contributed by atoms with van der Waals surface area (Å²) in [6, 6.07) is 13.4. The molecule has 0 radical (unpaired) electrons. The van der Waals surface area contributed by atoms with Crippen molar-refractivity contribution in [3.63, 3.8) is 0 Å². The normalized spacial score (nSPS) is 11.2. The lowest BCUT2D eigenvalue weighted by Gasteiger charge is -2.09. The molecule has 0 unspecified atom stereocenters. The van der Waals surface area contributed by atoms with Crippen molar-refractivity contribution >= 4 is 28.9 Å². The van der Waals surface area contributed by atoms with Gasteiger partial charge in [0.25, 0.3) is 5.91 Å². The first-order valence-electron chi connectivity index (χ1n) is 7.36. The predicted molar refractivity (Wildman–Crippen MR) is 96.2 cm³/mol. The zero-order valence-electron chi connectivity index (χ0n) is 13.5. The molecule has 0 fully saturated rings. The smallest absolute Gasteiger partial charge is 0.259 e. The quantitative estimate of drug-likeness (QED) is 0.645. The van der Waals surface area contributed by atoms with Gasteiger partial charge in [-0.2, -0.15) is 5.10 Å². The molecular formula is C18H20ClN3O. The number of hydrogen-bond donors (Lipinski definition) is 2. The lowest BCUT2D eigenvalue weighted by atomic mass is 10.1. The van der Waals surface area contributed by atoms with E-state index < -0.39 is 0 Å². The molecule has 0 saturated heterocycles. The van der Waals surface area contributed by atoms with E-state index in [2.05, 4.69) is 21.9 Å². The molecule has 0 aromatic heterocycles. The molecule has 23 heavy (non-hydrogen) atoms. The molecular weight excluding hydrogens is 310 g/mol. The second-order valence-electron chi connectivity index (χ2n) is 5.41. The van der Waals surface area contributed by atoms with Crippen molar-refractivity contribution in [3.8, 4) is 0 Å². The highest BCUT2D eigenvalue weighted by Gasteiger charge is 2.03. The Kier molecular flexibility index (Phi) is 5.77. The summed E-state index contributed by atoms with van der Waals surface area (Å²) in [6.07, 6.45) is 0. The molecule has 4 nitrogen and oxygen atoms in total. The Hall–Kier alpha value is -2.33. The molecule has 0 atom stereocenters. The van der Waals surface area contributed by atoms with Crippen molar-refractivity contribution in [2.45, 2.75) is 20.8 Å². The lowest BCUT2D eigenvalue weighted by molar-refractivity contribution is -0.119. The number of aryl methyl sites for hydroxylation is 2. The van der Waals surface area contributed by atoms with Crippen LogP contribution in [0.15, 0.2) is 47.6 Å². The van der Waals surface area contributed by atoms with Crippen molar-refractivity contribution in [3.05, 3.63) is 64.2 Å². The maximum Gasteiger partial charge on any atom is 0.259 e. The standard InChI is InChI=1S/C18H20ClN3O/c1-12-4-9-17(13(2)10-12)20-11-18(23)22-21-14(3)15-5-7-16(19)8-6-15/h4-10,20H,11H2,1-3H3,(H,22,23). The van der Waals surface area contributed by atoms with E-state index in [1.165, 1.54) is 5.56 Å². The van der Waals surface area contributed by atoms with Gasteiger partial charge in [-0.05, 0) is 50.1 Å². The Morgan fingerprint density at radius 2 is 1.83 bits per heavy atom. The molecule has 0 aliphatic carbocycles. The van der Waals surface area contributed by atoms with E-state index in [-0.39, 0.29) is 12.5 Å². The van der Waals surface area contributed by atoms with E-state index in [9.17, 15) is 4.79 Å². The van der Waals surface area contributed by atoms with E-state index in [1.807, 2.05) is 45.0 Å². The number of anilines is 1. The zero-order valence-corrected chi connectivity index (χ0v) is 14.2. The summed E-state index contributed by atoms with van der Waals surface area (Å²) in [4.78, 5) is 11.9. The number of carbonyl (C=O) groups is 1. The first-order chi connectivity index (χ1) is 11.0. The van der Waals surface area contributed by atoms with Gasteiger partial charge in [0.2, 0.25) is 0 Å². The van der Waals surface area contributed by atoms with Crippen molar-refractivity contribution in [1.29, 1.82) is 0 Å². The van der Waals surface area contributed by atoms with Gasteiger partial charge in [0.05, 0.1) is 12.3 Å². The molecule has 1 amide bonds. The minimum absolute atomic E-state index is 0.168. The number of carbonyl (C=O) groups excluding carboxylic acids is 1. The summed E-state index contributed by atoms with van der Waals surface area (Å²) in [7, 11) is 0. The molecule has 2 rings (SSSR count). The van der Waals surface area contributed by atoms with Gasteiger partial charge < -0.3 is 5.32 Å². The summed E-state index contributed by atoms with van der Waals surface area (Å²) >= 11 is 5.85. The van der Waals surface area contributed by atoms with Crippen molar-refractivity contribution in [1.82, 2.24) is 5.43 Å². The molecule has 2 aromatic carbocycles. The van der Waals surface area contributed by atoms with Crippen molar-refractivity contribution in [2.75, 3.05) is 11.9 Å². The highest BCUT2D eigenvalue weighted by molar-refractivity contribution is 6.30. The number of hydrazone groups is 1. The SMILES string of the molecule is CC(=NNC(=O)CNc1ccc(C)cc1C)c1ccc(Cl)cc1. The lowest BCUT2D eigenvalue weighted by Crippen LogP contribution is -2.27. The van der Waals surface area contributed by atoms with Crippen LogP contribution in [0.1, 0.15) is 23.6 Å². The minimum Gasteiger partial charge on any atom is -0.376 e. The monoisotopic (exact) mass is 329 g/mol. The van der Waals surface area contributed by atoms with Crippen LogP contribution in [-0.2, 0) is 4.79 Å². The van der Waals surface area contributed by atoms with Gasteiger partial charge in [-0.25, -0.2) is 5.43 Å². The van der Waals surface area contributed by atoms with Crippen LogP contribution in [0.3, 0.4) is 0 Å². The number of nitrogens with zero attached hydrogens (tertiary/aromatic N) is 1. The number of nitrogens with one attached hydrogen (secondary N) is 2. The first kappa shape index (κ1) is 17.0. The zero-order chi connectivity index (χ0) is 16.8. The molecule has 120 valence electrons. The second-order valence-corrected chi connectivity index (χ2v) is 5.85.